The summed E-state index contributed by atoms with van der Waals surface area (Å²) in [5.41, 5.74) is 1.74. The Balaban J connectivity index is 1.59. The van der Waals surface area contributed by atoms with Crippen molar-refractivity contribution in [2.45, 2.75) is 4.21 Å². The van der Waals surface area contributed by atoms with Crippen LogP contribution in [0.4, 0.5) is 11.4 Å². The van der Waals surface area contributed by atoms with E-state index in [4.69, 9.17) is 11.2 Å². The van der Waals surface area contributed by atoms with Gasteiger partial charge in [0.05, 0.1) is 5.69 Å². The van der Waals surface area contributed by atoms with E-state index in [-0.39, 0.29) is 16.7 Å². The van der Waals surface area contributed by atoms with Gasteiger partial charge in [-0.1, -0.05) is 18.1 Å². The zero-order valence-electron chi connectivity index (χ0n) is 15.5. The fraction of sp³-hybridized carbons (Fsp3) is 0.0952. The molecule has 0 aliphatic heterocycles. The van der Waals surface area contributed by atoms with E-state index in [0.29, 0.717) is 22.7 Å². The van der Waals surface area contributed by atoms with E-state index in [1.165, 1.54) is 11.4 Å². The van der Waals surface area contributed by atoms with E-state index in [2.05, 4.69) is 11.2 Å². The van der Waals surface area contributed by atoms with Crippen molar-refractivity contribution in [3.8, 4) is 18.1 Å². The van der Waals surface area contributed by atoms with Gasteiger partial charge in [0.15, 0.2) is 6.61 Å². The van der Waals surface area contributed by atoms with Crippen LogP contribution in [0, 0.1) is 12.3 Å². The van der Waals surface area contributed by atoms with Gasteiger partial charge in [-0.15, -0.1) is 17.8 Å². The number of rotatable bonds is 7. The zero-order chi connectivity index (χ0) is 20.9. The molecule has 0 aliphatic carbocycles. The standard InChI is InChI=1S/C21H18N2O4S2/c1-3-16-6-4-7-17(14-16)22-20(24)15-27-19-11-9-18(10-12-19)23(2)29(25,26)21-8-5-13-28-21/h1,4-14H,15H2,2H3,(H,22,24). The number of carbonyl (C=O) groups is 1. The molecule has 0 aliphatic rings. The Labute approximate surface area is 173 Å². The van der Waals surface area contributed by atoms with Gasteiger partial charge in [0.25, 0.3) is 15.9 Å². The highest BCUT2D eigenvalue weighted by atomic mass is 32.2. The molecule has 1 heterocycles. The van der Waals surface area contributed by atoms with Crippen LogP contribution in [0.2, 0.25) is 0 Å². The molecule has 1 aromatic heterocycles. The molecule has 0 unspecified atom stereocenters. The predicted octanol–water partition coefficient (Wildman–Crippen LogP) is 3.57. The number of amides is 1. The monoisotopic (exact) mass is 426 g/mol. The molecule has 0 radical (unpaired) electrons. The molecule has 8 heteroatoms. The zero-order valence-corrected chi connectivity index (χ0v) is 17.2. The summed E-state index contributed by atoms with van der Waals surface area (Å²) in [5.74, 6) is 2.62. The van der Waals surface area contributed by atoms with Crippen molar-refractivity contribution < 1.29 is 17.9 Å². The Morgan fingerprint density at radius 2 is 1.93 bits per heavy atom. The fourth-order valence-corrected chi connectivity index (χ4v) is 4.83. The smallest absolute Gasteiger partial charge is 0.273 e. The van der Waals surface area contributed by atoms with Crippen LogP contribution in [0.3, 0.4) is 0 Å². The minimum Gasteiger partial charge on any atom is -0.484 e. The summed E-state index contributed by atoms with van der Waals surface area (Å²) in [6, 6.07) is 16.7. The molecule has 0 atom stereocenters. The highest BCUT2D eigenvalue weighted by Gasteiger charge is 2.22. The highest BCUT2D eigenvalue weighted by molar-refractivity contribution is 7.94. The second kappa shape index (κ2) is 8.82. The van der Waals surface area contributed by atoms with E-state index in [9.17, 15) is 13.2 Å². The largest absolute Gasteiger partial charge is 0.484 e. The maximum atomic E-state index is 12.6. The molecular formula is C21H18N2O4S2. The molecule has 0 spiro atoms. The van der Waals surface area contributed by atoms with E-state index in [0.717, 1.165) is 11.3 Å². The first kappa shape index (κ1) is 20.5. The van der Waals surface area contributed by atoms with Gasteiger partial charge in [0.1, 0.15) is 9.96 Å². The first-order valence-corrected chi connectivity index (χ1v) is 10.8. The Morgan fingerprint density at radius 3 is 2.59 bits per heavy atom. The number of sulfonamides is 1. The fourth-order valence-electron chi connectivity index (χ4n) is 2.47. The average Bonchev–Trinajstić information content (AvgIpc) is 3.28. The average molecular weight is 427 g/mol. The third-order valence-electron chi connectivity index (χ3n) is 3.99. The van der Waals surface area contributed by atoms with Gasteiger partial charge in [-0.3, -0.25) is 9.10 Å². The van der Waals surface area contributed by atoms with Crippen LogP contribution in [-0.2, 0) is 14.8 Å². The number of nitrogens with one attached hydrogen (secondary N) is 1. The first-order chi connectivity index (χ1) is 13.9. The van der Waals surface area contributed by atoms with Crippen LogP contribution in [0.25, 0.3) is 0 Å². The van der Waals surface area contributed by atoms with Crippen molar-refractivity contribution in [2.24, 2.45) is 0 Å². The molecule has 0 bridgehead atoms. The summed E-state index contributed by atoms with van der Waals surface area (Å²) in [4.78, 5) is 12.0. The van der Waals surface area contributed by atoms with E-state index in [1.807, 2.05) is 0 Å². The Hall–Kier alpha value is -3.28. The number of thiophene rings is 1. The quantitative estimate of drug-likeness (QED) is 0.586. The molecule has 0 saturated carbocycles. The van der Waals surface area contributed by atoms with Crippen molar-refractivity contribution >= 4 is 38.6 Å². The lowest BCUT2D eigenvalue weighted by molar-refractivity contribution is -0.118. The van der Waals surface area contributed by atoms with Crippen molar-refractivity contribution in [1.29, 1.82) is 0 Å². The minimum atomic E-state index is -3.59. The molecule has 1 N–H and O–H groups in total. The second-order valence-electron chi connectivity index (χ2n) is 5.96. The van der Waals surface area contributed by atoms with E-state index >= 15 is 0 Å². The van der Waals surface area contributed by atoms with Gasteiger partial charge in [0, 0.05) is 18.3 Å². The number of anilines is 2. The lowest BCUT2D eigenvalue weighted by Gasteiger charge is -2.18. The molecule has 3 rings (SSSR count). The lowest BCUT2D eigenvalue weighted by Crippen LogP contribution is -2.25. The molecule has 2 aromatic carbocycles. The number of carbonyl (C=O) groups excluding carboxylic acids is 1. The van der Waals surface area contributed by atoms with E-state index < -0.39 is 10.0 Å². The van der Waals surface area contributed by atoms with Crippen molar-refractivity contribution in [2.75, 3.05) is 23.3 Å². The second-order valence-corrected chi connectivity index (χ2v) is 9.10. The number of hydrogen-bond acceptors (Lipinski definition) is 5. The summed E-state index contributed by atoms with van der Waals surface area (Å²) in [6.45, 7) is -0.192. The Bertz CT molecular complexity index is 1130. The molecule has 148 valence electrons. The van der Waals surface area contributed by atoms with Crippen LogP contribution < -0.4 is 14.4 Å². The molecule has 0 saturated heterocycles. The highest BCUT2D eigenvalue weighted by Crippen LogP contribution is 2.26. The molecule has 3 aromatic rings. The minimum absolute atomic E-state index is 0.192. The maximum Gasteiger partial charge on any atom is 0.273 e. The maximum absolute atomic E-state index is 12.6. The van der Waals surface area contributed by atoms with Crippen LogP contribution in [0.5, 0.6) is 5.75 Å². The van der Waals surface area contributed by atoms with Gasteiger partial charge in [-0.25, -0.2) is 8.42 Å². The SMILES string of the molecule is C#Cc1cccc(NC(=O)COc2ccc(N(C)S(=O)(=O)c3cccs3)cc2)c1. The van der Waals surface area contributed by atoms with Crippen LogP contribution in [0.15, 0.2) is 70.3 Å². The number of benzene rings is 2. The summed E-state index contributed by atoms with van der Waals surface area (Å²) in [5, 5.41) is 4.42. The van der Waals surface area contributed by atoms with Crippen molar-refractivity contribution in [3.05, 3.63) is 71.6 Å². The molecular weight excluding hydrogens is 408 g/mol. The van der Waals surface area contributed by atoms with Gasteiger partial charge in [0.2, 0.25) is 0 Å². The van der Waals surface area contributed by atoms with Crippen molar-refractivity contribution in [1.82, 2.24) is 0 Å². The lowest BCUT2D eigenvalue weighted by atomic mass is 10.2. The van der Waals surface area contributed by atoms with Crippen LogP contribution in [0.1, 0.15) is 5.56 Å². The number of hydrogen-bond donors (Lipinski definition) is 1. The molecule has 29 heavy (non-hydrogen) atoms. The Kier molecular flexibility index (Phi) is 6.22. The van der Waals surface area contributed by atoms with Gasteiger partial charge < -0.3 is 10.1 Å². The number of terminal acetylenes is 1. The summed E-state index contributed by atoms with van der Waals surface area (Å²) < 4.78 is 32.0. The van der Waals surface area contributed by atoms with Gasteiger partial charge in [-0.2, -0.15) is 0 Å². The Morgan fingerprint density at radius 1 is 1.17 bits per heavy atom. The summed E-state index contributed by atoms with van der Waals surface area (Å²) in [6.07, 6.45) is 5.34. The summed E-state index contributed by atoms with van der Waals surface area (Å²) >= 11 is 1.16. The van der Waals surface area contributed by atoms with Gasteiger partial charge in [-0.05, 0) is 53.9 Å². The number of nitrogens with zero attached hydrogens (tertiary/aromatic N) is 1. The predicted molar refractivity (Wildman–Crippen MR) is 115 cm³/mol. The third-order valence-corrected chi connectivity index (χ3v) is 7.15. The van der Waals surface area contributed by atoms with Crippen molar-refractivity contribution in [3.63, 3.8) is 0 Å². The van der Waals surface area contributed by atoms with Crippen LogP contribution >= 0.6 is 11.3 Å². The molecule has 6 nitrogen and oxygen atoms in total. The van der Waals surface area contributed by atoms with E-state index in [1.54, 1.807) is 66.0 Å². The molecule has 0 fully saturated rings. The number of ether oxygens (including phenoxy) is 1. The topological polar surface area (TPSA) is 75.7 Å². The van der Waals surface area contributed by atoms with Crippen LogP contribution in [-0.4, -0.2) is 28.0 Å². The summed E-state index contributed by atoms with van der Waals surface area (Å²) in [7, 11) is -2.11. The molecule has 1 amide bonds. The third kappa shape index (κ3) is 4.96. The first-order valence-electron chi connectivity index (χ1n) is 8.52. The van der Waals surface area contributed by atoms with Gasteiger partial charge >= 0.3 is 0 Å². The normalized spacial score (nSPS) is 10.8.